The lowest BCUT2D eigenvalue weighted by molar-refractivity contribution is -0.156. The maximum Gasteiger partial charge on any atom is 0.415 e. The molecule has 0 radical (unpaired) electrons. The number of benzene rings is 3. The Kier molecular flexibility index (Phi) is 9.66. The van der Waals surface area contributed by atoms with E-state index in [4.69, 9.17) is 4.74 Å². The van der Waals surface area contributed by atoms with E-state index in [1.807, 2.05) is 78.9 Å². The lowest BCUT2D eigenvalue weighted by Gasteiger charge is -2.42. The number of carbonyl (C=O) groups excluding carboxylic acids is 4. The number of hydrogen-bond acceptors (Lipinski definition) is 6. The highest BCUT2D eigenvalue weighted by atomic mass is 16.6. The van der Waals surface area contributed by atoms with Gasteiger partial charge in [-0.05, 0) is 79.7 Å². The molecule has 0 aromatic heterocycles. The summed E-state index contributed by atoms with van der Waals surface area (Å²) >= 11 is 0. The maximum atomic E-state index is 15.2. The van der Waals surface area contributed by atoms with E-state index in [-0.39, 0.29) is 43.2 Å². The van der Waals surface area contributed by atoms with E-state index >= 15 is 9.59 Å². The zero-order valence-electron chi connectivity index (χ0n) is 29.8. The van der Waals surface area contributed by atoms with Crippen LogP contribution >= 0.6 is 0 Å². The number of amides is 4. The molecule has 53 heavy (non-hydrogen) atoms. The molecular weight excluding hydrogens is 672 g/mol. The van der Waals surface area contributed by atoms with E-state index < -0.39 is 42.3 Å². The van der Waals surface area contributed by atoms with Crippen LogP contribution < -0.4 is 4.90 Å². The molecule has 11 heteroatoms. The van der Waals surface area contributed by atoms with Crippen molar-refractivity contribution in [3.8, 4) is 0 Å². The van der Waals surface area contributed by atoms with Gasteiger partial charge >= 0.3 is 12.1 Å². The number of carboxylic acids is 1. The molecule has 3 fully saturated rings. The minimum atomic E-state index is -1.05. The minimum Gasteiger partial charge on any atom is -0.480 e. The van der Waals surface area contributed by atoms with Crippen LogP contribution in [0.25, 0.3) is 0 Å². The van der Waals surface area contributed by atoms with Gasteiger partial charge in [0.25, 0.3) is 0 Å². The molecule has 8 rings (SSSR count). The van der Waals surface area contributed by atoms with Gasteiger partial charge in [-0.25, -0.2) is 9.59 Å². The largest absolute Gasteiger partial charge is 0.480 e. The molecule has 3 aromatic carbocycles. The number of likely N-dealkylation sites (tertiary alicyclic amines) is 2. The Balaban J connectivity index is 1.14. The van der Waals surface area contributed by atoms with Crippen molar-refractivity contribution in [2.75, 3.05) is 11.4 Å². The number of fused-ring (bicyclic) bond motifs is 2. The fraction of sp³-hybridized carbons (Fsp3) is 0.452. The van der Waals surface area contributed by atoms with E-state index in [2.05, 4.69) is 0 Å². The highest BCUT2D eigenvalue weighted by Crippen LogP contribution is 2.42. The second kappa shape index (κ2) is 14.7. The molecule has 0 spiro atoms. The van der Waals surface area contributed by atoms with Gasteiger partial charge in [0.1, 0.15) is 30.3 Å². The molecule has 11 nitrogen and oxygen atoms in total. The highest BCUT2D eigenvalue weighted by molar-refractivity contribution is 6.02. The number of ether oxygens (including phenoxy) is 1. The summed E-state index contributed by atoms with van der Waals surface area (Å²) < 4.78 is 6.06. The van der Waals surface area contributed by atoms with Crippen LogP contribution in [-0.4, -0.2) is 86.4 Å². The quantitative estimate of drug-likeness (QED) is 0.349. The van der Waals surface area contributed by atoms with Crippen molar-refractivity contribution in [3.05, 3.63) is 101 Å². The van der Waals surface area contributed by atoms with Crippen LogP contribution in [0.2, 0.25) is 0 Å². The Morgan fingerprint density at radius 3 is 2.00 bits per heavy atom. The zero-order valence-corrected chi connectivity index (χ0v) is 29.8. The third-order valence-electron chi connectivity index (χ3n) is 12.0. The SMILES string of the molecule is O=C(O)[C@@H]1CCCN1C(=O)[C@H]1Cc2ccccc2CN1C(=O)[C@H]1CC[C@@H](c2ccccc2)N1C(=O)[C@H]1Cc2ccccc2N1C(=O)OC1CCCCC1. The smallest absolute Gasteiger partial charge is 0.415 e. The second-order valence-electron chi connectivity index (χ2n) is 15.1. The minimum absolute atomic E-state index is 0.167. The van der Waals surface area contributed by atoms with Crippen molar-refractivity contribution >= 4 is 35.5 Å². The Morgan fingerprint density at radius 1 is 0.585 bits per heavy atom. The number of nitrogens with zero attached hydrogens (tertiary/aromatic N) is 4. The molecule has 5 atom stereocenters. The molecule has 1 aliphatic carbocycles. The van der Waals surface area contributed by atoms with Crippen LogP contribution in [-0.2, 0) is 43.3 Å². The predicted molar refractivity (Wildman–Crippen MR) is 196 cm³/mol. The van der Waals surface area contributed by atoms with Gasteiger partial charge in [0.15, 0.2) is 0 Å². The second-order valence-corrected chi connectivity index (χ2v) is 15.1. The molecule has 4 heterocycles. The average Bonchev–Trinajstić information content (AvgIpc) is 3.95. The average molecular weight is 719 g/mol. The number of para-hydroxylation sites is 1. The molecular formula is C42H46N4O7. The number of anilines is 1. The number of carbonyl (C=O) groups is 5. The summed E-state index contributed by atoms with van der Waals surface area (Å²) in [5.74, 6) is -2.11. The molecule has 1 saturated carbocycles. The Morgan fingerprint density at radius 2 is 1.25 bits per heavy atom. The predicted octanol–water partition coefficient (Wildman–Crippen LogP) is 5.65. The van der Waals surface area contributed by atoms with Crippen LogP contribution in [0.15, 0.2) is 78.9 Å². The van der Waals surface area contributed by atoms with Crippen molar-refractivity contribution in [2.24, 2.45) is 0 Å². The summed E-state index contributed by atoms with van der Waals surface area (Å²) in [5, 5.41) is 9.94. The van der Waals surface area contributed by atoms with Gasteiger partial charge in [-0.3, -0.25) is 19.3 Å². The Hall–Kier alpha value is -5.19. The van der Waals surface area contributed by atoms with Crippen LogP contribution in [0.4, 0.5) is 10.5 Å². The summed E-state index contributed by atoms with van der Waals surface area (Å²) in [6.45, 7) is 0.482. The first-order chi connectivity index (χ1) is 25.8. The molecule has 0 bridgehead atoms. The summed E-state index contributed by atoms with van der Waals surface area (Å²) in [4.78, 5) is 77.0. The lowest BCUT2D eigenvalue weighted by atomic mass is 9.92. The fourth-order valence-electron chi connectivity index (χ4n) is 9.37. The topological polar surface area (TPSA) is 128 Å². The van der Waals surface area contributed by atoms with Gasteiger partial charge in [-0.1, -0.05) is 79.2 Å². The van der Waals surface area contributed by atoms with E-state index in [1.54, 1.807) is 9.80 Å². The fourth-order valence-corrected chi connectivity index (χ4v) is 9.37. The standard InChI is InChI=1S/C42H46N4O7/c47-38(44-26-30-16-8-7-14-28(30)24-36(44)39(48)43-23-11-20-35(43)41(50)51)34-22-21-33(27-12-3-1-4-13-27)45(34)40(49)37-25-29-15-9-10-19-32(29)46(37)42(52)53-31-17-5-2-6-18-31/h1,3-4,7-10,12-16,19,31,33-37H,2,5-6,11,17-18,20-26H2,(H,50,51)/t33-,34+,35-,36+,37+/m0/s1. The van der Waals surface area contributed by atoms with Crippen LogP contribution in [0.5, 0.6) is 0 Å². The first-order valence-corrected chi connectivity index (χ1v) is 19.2. The normalized spacial score (nSPS) is 25.5. The monoisotopic (exact) mass is 718 g/mol. The zero-order chi connectivity index (χ0) is 36.6. The Bertz CT molecular complexity index is 1890. The number of carboxylic acid groups (broad SMARTS) is 1. The highest BCUT2D eigenvalue weighted by Gasteiger charge is 2.51. The molecule has 4 amide bonds. The molecule has 4 aliphatic heterocycles. The molecule has 5 aliphatic rings. The van der Waals surface area contributed by atoms with Gasteiger partial charge < -0.3 is 24.5 Å². The maximum absolute atomic E-state index is 15.2. The van der Waals surface area contributed by atoms with Crippen molar-refractivity contribution in [1.82, 2.24) is 14.7 Å². The molecule has 0 unspecified atom stereocenters. The first kappa shape index (κ1) is 34.9. The van der Waals surface area contributed by atoms with Crippen LogP contribution in [0.1, 0.15) is 86.1 Å². The van der Waals surface area contributed by atoms with E-state index in [1.165, 1.54) is 9.80 Å². The molecule has 2 saturated heterocycles. The van der Waals surface area contributed by atoms with E-state index in [9.17, 15) is 19.5 Å². The van der Waals surface area contributed by atoms with Crippen molar-refractivity contribution in [3.63, 3.8) is 0 Å². The van der Waals surface area contributed by atoms with E-state index in [0.29, 0.717) is 37.9 Å². The van der Waals surface area contributed by atoms with E-state index in [0.717, 1.165) is 54.4 Å². The van der Waals surface area contributed by atoms with Gasteiger partial charge in [-0.15, -0.1) is 0 Å². The molecule has 3 aromatic rings. The first-order valence-electron chi connectivity index (χ1n) is 19.2. The summed E-state index contributed by atoms with van der Waals surface area (Å²) in [6, 6.07) is 20.8. The van der Waals surface area contributed by atoms with Gasteiger partial charge in [0.05, 0.1) is 11.7 Å². The summed E-state index contributed by atoms with van der Waals surface area (Å²) in [6.07, 6.45) is 6.32. The van der Waals surface area contributed by atoms with Crippen molar-refractivity contribution in [2.45, 2.75) is 113 Å². The number of rotatable bonds is 6. The van der Waals surface area contributed by atoms with Gasteiger partial charge in [-0.2, -0.15) is 0 Å². The van der Waals surface area contributed by atoms with Crippen LogP contribution in [0.3, 0.4) is 0 Å². The van der Waals surface area contributed by atoms with Crippen molar-refractivity contribution < 1.29 is 33.8 Å². The number of aliphatic carboxylic acids is 1. The summed E-state index contributed by atoms with van der Waals surface area (Å²) in [5.41, 5.74) is 4.25. The Labute approximate surface area is 309 Å². The summed E-state index contributed by atoms with van der Waals surface area (Å²) in [7, 11) is 0. The number of hydrogen-bond donors (Lipinski definition) is 1. The molecule has 1 N–H and O–H groups in total. The van der Waals surface area contributed by atoms with Crippen molar-refractivity contribution in [1.29, 1.82) is 0 Å². The van der Waals surface area contributed by atoms with Gasteiger partial charge in [0.2, 0.25) is 17.7 Å². The molecule has 276 valence electrons. The van der Waals surface area contributed by atoms with Crippen LogP contribution in [0, 0.1) is 0 Å². The third kappa shape index (κ3) is 6.55. The van der Waals surface area contributed by atoms with Gasteiger partial charge in [0, 0.05) is 25.9 Å². The third-order valence-corrected chi connectivity index (χ3v) is 12.0. The lowest BCUT2D eigenvalue weighted by Crippen LogP contribution is -2.60.